The summed E-state index contributed by atoms with van der Waals surface area (Å²) in [4.78, 5) is 0. The molecule has 3 aromatic rings. The van der Waals surface area contributed by atoms with Gasteiger partial charge in [0.2, 0.25) is 5.75 Å². The number of para-hydroxylation sites is 1. The highest BCUT2D eigenvalue weighted by Gasteiger charge is 2.34. The fourth-order valence-electron chi connectivity index (χ4n) is 4.97. The molecule has 1 heterocycles. The van der Waals surface area contributed by atoms with Crippen LogP contribution in [0.25, 0.3) is 0 Å². The molecule has 0 radical (unpaired) electrons. The van der Waals surface area contributed by atoms with E-state index in [1.165, 1.54) is 11.1 Å². The van der Waals surface area contributed by atoms with Crippen molar-refractivity contribution in [2.45, 2.75) is 59.1 Å². The average molecular weight is 524 g/mol. The first kappa shape index (κ1) is 28.4. The lowest BCUT2D eigenvalue weighted by atomic mass is 9.87. The molecule has 0 saturated carbocycles. The number of hydrogen-bond donors (Lipinski definition) is 0. The Labute approximate surface area is 227 Å². The lowest BCUT2D eigenvalue weighted by Gasteiger charge is -2.24. The van der Waals surface area contributed by atoms with Crippen molar-refractivity contribution in [2.75, 3.05) is 21.3 Å². The monoisotopic (exact) mass is 523 g/mol. The van der Waals surface area contributed by atoms with Crippen molar-refractivity contribution < 1.29 is 35.9 Å². The fraction of sp³-hybridized carbons (Fsp3) is 0.387. The Balaban J connectivity index is 0.00000380. The molecule has 1 aliphatic heterocycles. The predicted octanol–water partition coefficient (Wildman–Crippen LogP) is 3.69. The lowest BCUT2D eigenvalue weighted by molar-refractivity contribution is -0.482. The van der Waals surface area contributed by atoms with Crippen LogP contribution < -0.4 is 31.4 Å². The standard InChI is InChI=1S/C31H38NO4.ClH/c1-20-16-23-17-28(34-7)29(35-8)18-25(23)21(2)32(20)26-10-9-11-27(33-6)30(26)36-19-22-12-14-24(15-13-22)31(3,4)5;/h9-15,17-18,20H,16,19H2,1-8H3;1H/q+1;/p-1. The van der Waals surface area contributed by atoms with Crippen molar-refractivity contribution in [3.8, 4) is 23.0 Å². The van der Waals surface area contributed by atoms with Crippen LogP contribution in [0.2, 0.25) is 0 Å². The molecule has 37 heavy (non-hydrogen) atoms. The van der Waals surface area contributed by atoms with Gasteiger partial charge in [0, 0.05) is 25.0 Å². The fourth-order valence-corrected chi connectivity index (χ4v) is 4.97. The second kappa shape index (κ2) is 11.5. The maximum atomic E-state index is 6.47. The van der Waals surface area contributed by atoms with Gasteiger partial charge < -0.3 is 31.4 Å². The number of methoxy groups -OCH3 is 3. The highest BCUT2D eigenvalue weighted by Crippen LogP contribution is 2.41. The number of fused-ring (bicyclic) bond motifs is 1. The zero-order valence-corrected chi connectivity index (χ0v) is 23.9. The molecule has 0 aliphatic carbocycles. The van der Waals surface area contributed by atoms with E-state index in [1.54, 1.807) is 21.3 Å². The Hall–Kier alpha value is -3.18. The first-order valence-corrected chi connectivity index (χ1v) is 12.4. The van der Waals surface area contributed by atoms with E-state index in [4.69, 9.17) is 18.9 Å². The summed E-state index contributed by atoms with van der Waals surface area (Å²) < 4.78 is 25.7. The SMILES string of the molecule is COc1cc2c(cc1OC)C(C)=[N+](c1cccc(OC)c1OCc1ccc(C(C)(C)C)cc1)C(C)C2.[Cl-]. The normalized spacial score (nSPS) is 15.0. The maximum Gasteiger partial charge on any atom is 0.252 e. The van der Waals surface area contributed by atoms with E-state index < -0.39 is 0 Å². The molecule has 0 N–H and O–H groups in total. The number of nitrogens with zero attached hydrogens (tertiary/aromatic N) is 1. The molecule has 0 spiro atoms. The number of benzene rings is 3. The zero-order chi connectivity index (χ0) is 26.0. The molecule has 5 nitrogen and oxygen atoms in total. The largest absolute Gasteiger partial charge is 1.00 e. The van der Waals surface area contributed by atoms with Gasteiger partial charge in [-0.1, -0.05) is 51.1 Å². The molecule has 1 atom stereocenters. The van der Waals surface area contributed by atoms with Crippen LogP contribution >= 0.6 is 0 Å². The van der Waals surface area contributed by atoms with E-state index in [2.05, 4.69) is 81.7 Å². The van der Waals surface area contributed by atoms with Crippen molar-refractivity contribution in [3.05, 3.63) is 76.9 Å². The molecule has 0 aromatic heterocycles. The van der Waals surface area contributed by atoms with Crippen LogP contribution in [-0.4, -0.2) is 37.7 Å². The Morgan fingerprint density at radius 3 is 2.08 bits per heavy atom. The molecule has 6 heteroatoms. The van der Waals surface area contributed by atoms with Gasteiger partial charge in [-0.25, -0.2) is 0 Å². The lowest BCUT2D eigenvalue weighted by Crippen LogP contribution is -3.00. The van der Waals surface area contributed by atoms with Gasteiger partial charge in [-0.05, 0) is 47.2 Å². The number of rotatable bonds is 7. The molecule has 0 bridgehead atoms. The van der Waals surface area contributed by atoms with Crippen molar-refractivity contribution in [3.63, 3.8) is 0 Å². The molecule has 0 amide bonds. The van der Waals surface area contributed by atoms with E-state index in [-0.39, 0.29) is 23.9 Å². The van der Waals surface area contributed by atoms with Gasteiger partial charge in [0.1, 0.15) is 6.61 Å². The van der Waals surface area contributed by atoms with Crippen LogP contribution in [0.15, 0.2) is 54.6 Å². The van der Waals surface area contributed by atoms with E-state index in [0.717, 1.165) is 51.9 Å². The van der Waals surface area contributed by atoms with Crippen molar-refractivity contribution in [1.29, 1.82) is 0 Å². The van der Waals surface area contributed by atoms with E-state index in [9.17, 15) is 0 Å². The van der Waals surface area contributed by atoms with Gasteiger partial charge in [-0.2, -0.15) is 4.58 Å². The molecular weight excluding hydrogens is 486 g/mol. The summed E-state index contributed by atoms with van der Waals surface area (Å²) in [7, 11) is 5.04. The third-order valence-electron chi connectivity index (χ3n) is 6.96. The minimum Gasteiger partial charge on any atom is -1.00 e. The zero-order valence-electron chi connectivity index (χ0n) is 23.1. The summed E-state index contributed by atoms with van der Waals surface area (Å²) in [6.07, 6.45) is 0.873. The third-order valence-corrected chi connectivity index (χ3v) is 6.96. The summed E-state index contributed by atoms with van der Waals surface area (Å²) in [5.74, 6) is 2.95. The van der Waals surface area contributed by atoms with Gasteiger partial charge in [0.15, 0.2) is 29.0 Å². The Kier molecular flexibility index (Phi) is 8.80. The van der Waals surface area contributed by atoms with E-state index in [1.807, 2.05) is 12.1 Å². The number of hydrogen-bond acceptors (Lipinski definition) is 4. The molecule has 1 unspecified atom stereocenters. The second-order valence-corrected chi connectivity index (χ2v) is 10.4. The van der Waals surface area contributed by atoms with Gasteiger partial charge in [-0.15, -0.1) is 0 Å². The summed E-state index contributed by atoms with van der Waals surface area (Å²) in [6.45, 7) is 11.5. The van der Waals surface area contributed by atoms with Crippen molar-refractivity contribution in [2.24, 2.45) is 0 Å². The Morgan fingerprint density at radius 1 is 0.865 bits per heavy atom. The predicted molar refractivity (Wildman–Crippen MR) is 145 cm³/mol. The summed E-state index contributed by atoms with van der Waals surface area (Å²) >= 11 is 0. The summed E-state index contributed by atoms with van der Waals surface area (Å²) in [5, 5.41) is 0. The summed E-state index contributed by atoms with van der Waals surface area (Å²) in [5.41, 5.74) is 7.08. The highest BCUT2D eigenvalue weighted by atomic mass is 35.5. The molecule has 3 aromatic carbocycles. The van der Waals surface area contributed by atoms with Crippen LogP contribution in [0.1, 0.15) is 56.9 Å². The maximum absolute atomic E-state index is 6.47. The third kappa shape index (κ3) is 5.72. The molecule has 1 aliphatic rings. The van der Waals surface area contributed by atoms with Crippen LogP contribution in [0.3, 0.4) is 0 Å². The van der Waals surface area contributed by atoms with Crippen LogP contribution in [0, 0.1) is 0 Å². The number of halogens is 1. The second-order valence-electron chi connectivity index (χ2n) is 10.4. The van der Waals surface area contributed by atoms with Crippen molar-refractivity contribution in [1.82, 2.24) is 0 Å². The topological polar surface area (TPSA) is 39.9 Å². The Morgan fingerprint density at radius 2 is 1.49 bits per heavy atom. The molecule has 0 fully saturated rings. The quantitative estimate of drug-likeness (QED) is 0.443. The van der Waals surface area contributed by atoms with Gasteiger partial charge in [-0.3, -0.25) is 0 Å². The summed E-state index contributed by atoms with van der Waals surface area (Å²) in [6, 6.07) is 19.1. The Bertz CT molecular complexity index is 1280. The molecular formula is C31H38ClNO4. The average Bonchev–Trinajstić information content (AvgIpc) is 2.86. The minimum atomic E-state index is 0. The van der Waals surface area contributed by atoms with Gasteiger partial charge >= 0.3 is 0 Å². The van der Waals surface area contributed by atoms with Crippen molar-refractivity contribution >= 4 is 11.4 Å². The first-order chi connectivity index (χ1) is 17.2. The van der Waals surface area contributed by atoms with Crippen LogP contribution in [0.4, 0.5) is 5.69 Å². The minimum absolute atomic E-state index is 0. The molecule has 4 rings (SSSR count). The van der Waals surface area contributed by atoms with E-state index >= 15 is 0 Å². The first-order valence-electron chi connectivity index (χ1n) is 12.4. The number of ether oxygens (including phenoxy) is 4. The highest BCUT2D eigenvalue weighted by molar-refractivity contribution is 5.98. The molecule has 198 valence electrons. The van der Waals surface area contributed by atoms with Gasteiger partial charge in [0.25, 0.3) is 5.69 Å². The molecule has 0 saturated heterocycles. The smallest absolute Gasteiger partial charge is 0.252 e. The van der Waals surface area contributed by atoms with Crippen LogP contribution in [0.5, 0.6) is 23.0 Å². The van der Waals surface area contributed by atoms with Gasteiger partial charge in [0.05, 0.1) is 21.3 Å². The van der Waals surface area contributed by atoms with E-state index in [0.29, 0.717) is 6.61 Å². The van der Waals surface area contributed by atoms with Crippen LogP contribution in [-0.2, 0) is 18.4 Å².